The Morgan fingerprint density at radius 1 is 1.39 bits per heavy atom. The van der Waals surface area contributed by atoms with Crippen molar-refractivity contribution in [2.24, 2.45) is 0 Å². The third kappa shape index (κ3) is 3.31. The highest BCUT2D eigenvalue weighted by Gasteiger charge is 2.36. The lowest BCUT2D eigenvalue weighted by Crippen LogP contribution is -2.43. The van der Waals surface area contributed by atoms with Gasteiger partial charge in [-0.05, 0) is 12.5 Å². The molecule has 122 valence electrons. The summed E-state index contributed by atoms with van der Waals surface area (Å²) in [5, 5.41) is -0.263. The first-order valence-corrected chi connectivity index (χ1v) is 7.28. The number of nitrogens with one attached hydrogen (secondary N) is 1. The van der Waals surface area contributed by atoms with E-state index >= 15 is 0 Å². The second-order valence-electron chi connectivity index (χ2n) is 5.30. The van der Waals surface area contributed by atoms with Crippen LogP contribution in [0.25, 0.3) is 11.4 Å². The van der Waals surface area contributed by atoms with Gasteiger partial charge in [0.2, 0.25) is 5.95 Å². The predicted octanol–water partition coefficient (Wildman–Crippen LogP) is 2.86. The second kappa shape index (κ2) is 5.84. The number of piperidine rings is 1. The number of nitrogens with zero attached hydrogens (tertiary/aromatic N) is 3. The third-order valence-corrected chi connectivity index (χ3v) is 3.88. The molecule has 0 aromatic carbocycles. The van der Waals surface area contributed by atoms with Gasteiger partial charge in [-0.25, -0.2) is 18.7 Å². The number of H-pyrrole nitrogens is 1. The van der Waals surface area contributed by atoms with E-state index < -0.39 is 24.0 Å². The summed E-state index contributed by atoms with van der Waals surface area (Å²) in [6.45, 7) is -0.247. The second-order valence-corrected chi connectivity index (χ2v) is 5.68. The molecule has 1 saturated heterocycles. The number of aromatic amines is 1. The smallest absolute Gasteiger partial charge is 0.272 e. The van der Waals surface area contributed by atoms with Crippen molar-refractivity contribution in [3.05, 3.63) is 39.7 Å². The lowest BCUT2D eigenvalue weighted by molar-refractivity contribution is -0.0118. The van der Waals surface area contributed by atoms with E-state index in [4.69, 9.17) is 11.6 Å². The minimum Gasteiger partial charge on any atom is -0.349 e. The fourth-order valence-corrected chi connectivity index (χ4v) is 2.70. The fourth-order valence-electron chi connectivity index (χ4n) is 2.49. The van der Waals surface area contributed by atoms with Crippen LogP contribution in [0.4, 0.5) is 19.0 Å². The van der Waals surface area contributed by atoms with Gasteiger partial charge in [0.05, 0.1) is 6.54 Å². The highest BCUT2D eigenvalue weighted by molar-refractivity contribution is 6.32. The van der Waals surface area contributed by atoms with Gasteiger partial charge in [0, 0.05) is 30.8 Å². The van der Waals surface area contributed by atoms with Crippen LogP contribution in [0.2, 0.25) is 5.02 Å². The zero-order valence-electron chi connectivity index (χ0n) is 11.8. The average Bonchev–Trinajstić information content (AvgIpc) is 2.49. The number of pyridine rings is 1. The van der Waals surface area contributed by atoms with Crippen LogP contribution in [-0.2, 0) is 0 Å². The number of aromatic nitrogens is 3. The van der Waals surface area contributed by atoms with Gasteiger partial charge in [0.1, 0.15) is 10.8 Å². The summed E-state index contributed by atoms with van der Waals surface area (Å²) < 4.78 is 40.4. The Kier molecular flexibility index (Phi) is 4.01. The van der Waals surface area contributed by atoms with Crippen LogP contribution in [0.15, 0.2) is 23.1 Å². The number of hydrogen-bond acceptors (Lipinski definition) is 4. The number of hydrogen-bond donors (Lipinski definition) is 1. The Morgan fingerprint density at radius 3 is 2.87 bits per heavy atom. The molecular weight excluding hydrogens is 333 g/mol. The van der Waals surface area contributed by atoms with Crippen molar-refractivity contribution in [1.29, 1.82) is 0 Å². The summed E-state index contributed by atoms with van der Waals surface area (Å²) >= 11 is 5.93. The highest BCUT2D eigenvalue weighted by atomic mass is 35.5. The van der Waals surface area contributed by atoms with Gasteiger partial charge in [-0.3, -0.25) is 4.79 Å². The Labute approximate surface area is 134 Å². The molecule has 3 heterocycles. The molecule has 2 aromatic rings. The lowest BCUT2D eigenvalue weighted by Gasteiger charge is -2.33. The summed E-state index contributed by atoms with van der Waals surface area (Å²) in [4.78, 5) is 23.2. The summed E-state index contributed by atoms with van der Waals surface area (Å²) in [6, 6.07) is 2.53. The third-order valence-electron chi connectivity index (χ3n) is 3.54. The van der Waals surface area contributed by atoms with E-state index in [1.165, 1.54) is 17.2 Å². The lowest BCUT2D eigenvalue weighted by atomic mass is 10.1. The van der Waals surface area contributed by atoms with Gasteiger partial charge in [-0.1, -0.05) is 11.6 Å². The molecule has 9 heteroatoms. The monoisotopic (exact) mass is 344 g/mol. The van der Waals surface area contributed by atoms with Crippen LogP contribution in [-0.4, -0.2) is 34.0 Å². The predicted molar refractivity (Wildman–Crippen MR) is 79.5 cm³/mol. The Balaban J connectivity index is 2.05. The zero-order valence-corrected chi connectivity index (χ0v) is 12.6. The molecule has 2 aromatic heterocycles. The first-order valence-electron chi connectivity index (χ1n) is 6.90. The van der Waals surface area contributed by atoms with E-state index in [-0.39, 0.29) is 35.1 Å². The Hall–Kier alpha value is -2.09. The molecule has 0 atom stereocenters. The number of rotatable bonds is 2. The van der Waals surface area contributed by atoms with Crippen molar-refractivity contribution in [3.8, 4) is 11.4 Å². The molecule has 0 bridgehead atoms. The van der Waals surface area contributed by atoms with Gasteiger partial charge in [0.15, 0.2) is 5.82 Å². The van der Waals surface area contributed by atoms with E-state index in [1.54, 1.807) is 0 Å². The minimum atomic E-state index is -2.87. The maximum Gasteiger partial charge on any atom is 0.272 e. The largest absolute Gasteiger partial charge is 0.349 e. The standard InChI is InChI=1S/C14H12ClF3N4O/c15-10-12(22-5-1-3-14(17,18)7-22)20-11(21-13(10)23)8-2-4-19-9(16)6-8/h2,4,6H,1,3,5,7H2,(H,20,21,23). The molecule has 0 saturated carbocycles. The van der Waals surface area contributed by atoms with Gasteiger partial charge in [-0.2, -0.15) is 4.39 Å². The molecule has 1 N–H and O–H groups in total. The van der Waals surface area contributed by atoms with Gasteiger partial charge >= 0.3 is 0 Å². The summed E-state index contributed by atoms with van der Waals surface area (Å²) in [5.41, 5.74) is -0.394. The molecule has 3 rings (SSSR count). The van der Waals surface area contributed by atoms with Crippen LogP contribution >= 0.6 is 11.6 Å². The van der Waals surface area contributed by atoms with E-state index in [0.29, 0.717) is 6.54 Å². The van der Waals surface area contributed by atoms with Gasteiger partial charge < -0.3 is 9.88 Å². The first kappa shape index (κ1) is 15.8. The zero-order chi connectivity index (χ0) is 16.6. The van der Waals surface area contributed by atoms with Crippen LogP contribution in [0.5, 0.6) is 0 Å². The molecule has 0 spiro atoms. The SMILES string of the molecule is O=c1[nH]c(-c2ccnc(F)c2)nc(N2CCCC(F)(F)C2)c1Cl. The molecule has 5 nitrogen and oxygen atoms in total. The maximum absolute atomic E-state index is 13.6. The summed E-state index contributed by atoms with van der Waals surface area (Å²) in [5.74, 6) is -3.59. The molecule has 1 fully saturated rings. The van der Waals surface area contributed by atoms with E-state index in [0.717, 1.165) is 6.07 Å². The molecule has 23 heavy (non-hydrogen) atoms. The molecule has 1 aliphatic heterocycles. The van der Waals surface area contributed by atoms with Crippen LogP contribution < -0.4 is 10.5 Å². The van der Waals surface area contributed by atoms with E-state index in [2.05, 4.69) is 15.0 Å². The topological polar surface area (TPSA) is 61.9 Å². The first-order chi connectivity index (χ1) is 10.9. The highest BCUT2D eigenvalue weighted by Crippen LogP contribution is 2.32. The summed E-state index contributed by atoms with van der Waals surface area (Å²) in [7, 11) is 0. The Morgan fingerprint density at radius 2 is 2.17 bits per heavy atom. The maximum atomic E-state index is 13.6. The van der Waals surface area contributed by atoms with Crippen molar-refractivity contribution in [2.75, 3.05) is 18.0 Å². The van der Waals surface area contributed by atoms with Crippen molar-refractivity contribution in [3.63, 3.8) is 0 Å². The van der Waals surface area contributed by atoms with Crippen molar-refractivity contribution in [1.82, 2.24) is 15.0 Å². The molecule has 0 radical (unpaired) electrons. The number of alkyl halides is 2. The molecule has 0 amide bonds. The van der Waals surface area contributed by atoms with Crippen LogP contribution in [0.3, 0.4) is 0 Å². The molecular formula is C14H12ClF3N4O. The number of halogens is 4. The van der Waals surface area contributed by atoms with Crippen LogP contribution in [0.1, 0.15) is 12.8 Å². The normalized spacial score (nSPS) is 17.3. The average molecular weight is 345 g/mol. The van der Waals surface area contributed by atoms with E-state index in [1.807, 2.05) is 0 Å². The Bertz CT molecular complexity index is 796. The molecule has 0 aliphatic carbocycles. The van der Waals surface area contributed by atoms with Crippen molar-refractivity contribution < 1.29 is 13.2 Å². The van der Waals surface area contributed by atoms with Gasteiger partial charge in [-0.15, -0.1) is 0 Å². The van der Waals surface area contributed by atoms with E-state index in [9.17, 15) is 18.0 Å². The fraction of sp³-hybridized carbons (Fsp3) is 0.357. The van der Waals surface area contributed by atoms with Gasteiger partial charge in [0.25, 0.3) is 11.5 Å². The van der Waals surface area contributed by atoms with Crippen molar-refractivity contribution in [2.45, 2.75) is 18.8 Å². The number of anilines is 1. The molecule has 1 aliphatic rings. The minimum absolute atomic E-state index is 0.0259. The summed E-state index contributed by atoms with van der Waals surface area (Å²) in [6.07, 6.45) is 1.26. The van der Waals surface area contributed by atoms with Crippen LogP contribution in [0, 0.1) is 5.95 Å². The molecule has 0 unspecified atom stereocenters. The quantitative estimate of drug-likeness (QED) is 0.851. The van der Waals surface area contributed by atoms with Crippen molar-refractivity contribution >= 4 is 17.4 Å².